The summed E-state index contributed by atoms with van der Waals surface area (Å²) in [5.41, 5.74) is 3.17. The summed E-state index contributed by atoms with van der Waals surface area (Å²) in [7, 11) is 0. The van der Waals surface area contributed by atoms with Gasteiger partial charge in [-0.25, -0.2) is 0 Å². The van der Waals surface area contributed by atoms with Crippen LogP contribution in [0.15, 0.2) is 48.5 Å². The third kappa shape index (κ3) is 2.03. The van der Waals surface area contributed by atoms with Gasteiger partial charge in [-0.05, 0) is 58.4 Å². The van der Waals surface area contributed by atoms with Gasteiger partial charge in [0.1, 0.15) is 0 Å². The Morgan fingerprint density at radius 2 is 1.42 bits per heavy atom. The van der Waals surface area contributed by atoms with Gasteiger partial charge in [0.25, 0.3) is 0 Å². The van der Waals surface area contributed by atoms with Crippen molar-refractivity contribution in [2.24, 2.45) is 0 Å². The van der Waals surface area contributed by atoms with Crippen LogP contribution in [0.3, 0.4) is 0 Å². The summed E-state index contributed by atoms with van der Waals surface area (Å²) in [6, 6.07) is 18.0. The molecule has 0 N–H and O–H groups in total. The Morgan fingerprint density at radius 1 is 0.632 bits per heavy atom. The Kier molecular flexibility index (Phi) is 3.45. The fourth-order valence-electron chi connectivity index (χ4n) is 3.34. The molecule has 0 saturated carbocycles. The maximum atomic E-state index is 2.35. The van der Waals surface area contributed by atoms with Crippen LogP contribution in [0.2, 0.25) is 0 Å². The van der Waals surface area contributed by atoms with Crippen LogP contribution in [-0.4, -0.2) is 0 Å². The fourth-order valence-corrected chi connectivity index (χ4v) is 3.34. The summed E-state index contributed by atoms with van der Waals surface area (Å²) in [4.78, 5) is 0. The Hall–Kier alpha value is -1.13. The van der Waals surface area contributed by atoms with Crippen LogP contribution in [0.5, 0.6) is 0 Å². The largest absolute Gasteiger partial charge is 0.0616 e. The van der Waals surface area contributed by atoms with E-state index in [1.807, 2.05) is 0 Å². The minimum absolute atomic E-state index is 0. The molecule has 0 aromatic heterocycles. The average molecular weight is 427 g/mol. The predicted molar refractivity (Wildman–Crippen MR) is 78.1 cm³/mol. The van der Waals surface area contributed by atoms with Crippen molar-refractivity contribution in [2.45, 2.75) is 25.7 Å². The second kappa shape index (κ2) is 5.10. The molecule has 0 nitrogen and oxygen atoms in total. The molecule has 1 aliphatic carbocycles. The zero-order valence-corrected chi connectivity index (χ0v) is 13.0. The molecule has 0 bridgehead atoms. The number of benzene rings is 3. The predicted octanol–water partition coefficient (Wildman–Crippen LogP) is 4.87. The molecule has 0 saturated heterocycles. The van der Waals surface area contributed by atoms with E-state index in [9.17, 15) is 0 Å². The first-order chi connectivity index (χ1) is 8.93. The quantitative estimate of drug-likeness (QED) is 0.449. The van der Waals surface area contributed by atoms with Crippen LogP contribution < -0.4 is 0 Å². The Bertz CT molecular complexity index is 743. The zero-order chi connectivity index (χ0) is 11.9. The second-order valence-corrected chi connectivity index (χ2v) is 5.29. The molecule has 0 spiro atoms. The van der Waals surface area contributed by atoms with Gasteiger partial charge >= 0.3 is 0 Å². The molecular formula is C18H16Pt. The molecule has 0 fully saturated rings. The topological polar surface area (TPSA) is 0 Å². The van der Waals surface area contributed by atoms with E-state index in [2.05, 4.69) is 48.5 Å². The van der Waals surface area contributed by atoms with Crippen LogP contribution in [0.1, 0.15) is 24.0 Å². The smallest absolute Gasteiger partial charge is 0 e. The molecular weight excluding hydrogens is 411 g/mol. The van der Waals surface area contributed by atoms with E-state index in [0.29, 0.717) is 0 Å². The first-order valence-corrected chi connectivity index (χ1v) is 6.86. The van der Waals surface area contributed by atoms with E-state index in [1.54, 1.807) is 11.1 Å². The van der Waals surface area contributed by atoms with Gasteiger partial charge in [0.15, 0.2) is 0 Å². The molecule has 98 valence electrons. The van der Waals surface area contributed by atoms with Crippen LogP contribution in [0.25, 0.3) is 21.5 Å². The van der Waals surface area contributed by atoms with Gasteiger partial charge in [0.2, 0.25) is 0 Å². The van der Waals surface area contributed by atoms with Crippen LogP contribution in [-0.2, 0) is 33.9 Å². The van der Waals surface area contributed by atoms with Crippen molar-refractivity contribution in [3.05, 3.63) is 59.7 Å². The second-order valence-electron chi connectivity index (χ2n) is 5.29. The van der Waals surface area contributed by atoms with Gasteiger partial charge in [-0.15, -0.1) is 0 Å². The maximum absolute atomic E-state index is 2.35. The SMILES string of the molecule is [Pt].c1ccc2c(c1)ccc1c3c(ccc12)CCCC3. The Labute approximate surface area is 128 Å². The van der Waals surface area contributed by atoms with Gasteiger partial charge in [-0.3, -0.25) is 0 Å². The van der Waals surface area contributed by atoms with Gasteiger partial charge in [-0.2, -0.15) is 0 Å². The van der Waals surface area contributed by atoms with E-state index in [4.69, 9.17) is 0 Å². The molecule has 3 aromatic rings. The number of hydrogen-bond acceptors (Lipinski definition) is 0. The summed E-state index contributed by atoms with van der Waals surface area (Å²) in [6.07, 6.45) is 5.22. The van der Waals surface area contributed by atoms with Crippen LogP contribution >= 0.6 is 0 Å². The van der Waals surface area contributed by atoms with Gasteiger partial charge < -0.3 is 0 Å². The van der Waals surface area contributed by atoms with E-state index in [0.717, 1.165) is 0 Å². The van der Waals surface area contributed by atoms with E-state index < -0.39 is 0 Å². The number of hydrogen-bond donors (Lipinski definition) is 0. The van der Waals surface area contributed by atoms with Gasteiger partial charge in [0.05, 0.1) is 0 Å². The van der Waals surface area contributed by atoms with Crippen molar-refractivity contribution in [1.82, 2.24) is 0 Å². The fraction of sp³-hybridized carbons (Fsp3) is 0.222. The number of fused-ring (bicyclic) bond motifs is 5. The average Bonchev–Trinajstić information content (AvgIpc) is 2.46. The van der Waals surface area contributed by atoms with E-state index >= 15 is 0 Å². The summed E-state index contributed by atoms with van der Waals surface area (Å²) in [5, 5.41) is 5.64. The van der Waals surface area contributed by atoms with Crippen molar-refractivity contribution >= 4 is 21.5 Å². The summed E-state index contributed by atoms with van der Waals surface area (Å²) >= 11 is 0. The molecule has 1 aliphatic rings. The summed E-state index contributed by atoms with van der Waals surface area (Å²) in [6.45, 7) is 0. The van der Waals surface area contributed by atoms with Crippen molar-refractivity contribution in [2.75, 3.05) is 0 Å². The molecule has 3 aromatic carbocycles. The van der Waals surface area contributed by atoms with E-state index in [1.165, 1.54) is 47.2 Å². The first kappa shape index (κ1) is 12.9. The Balaban J connectivity index is 0.00000110. The summed E-state index contributed by atoms with van der Waals surface area (Å²) in [5.74, 6) is 0. The molecule has 0 amide bonds. The zero-order valence-electron chi connectivity index (χ0n) is 10.8. The normalized spacial score (nSPS) is 14.1. The maximum Gasteiger partial charge on any atom is 0 e. The molecule has 19 heavy (non-hydrogen) atoms. The minimum Gasteiger partial charge on any atom is -0.0616 e. The van der Waals surface area contributed by atoms with Crippen LogP contribution in [0.4, 0.5) is 0 Å². The van der Waals surface area contributed by atoms with Crippen LogP contribution in [0, 0.1) is 0 Å². The monoisotopic (exact) mass is 427 g/mol. The Morgan fingerprint density at radius 3 is 2.37 bits per heavy atom. The minimum atomic E-state index is 0. The molecule has 0 aliphatic heterocycles. The molecule has 1 heteroatoms. The van der Waals surface area contributed by atoms with Crippen molar-refractivity contribution < 1.29 is 21.1 Å². The summed E-state index contributed by atoms with van der Waals surface area (Å²) < 4.78 is 0. The standard InChI is InChI=1S/C18H16.Pt/c1-3-7-15-13(5-1)9-11-18-16-8-4-2-6-14(16)10-12-17(15)18;/h1,3,5,7,9-12H,2,4,6,8H2;. The molecule has 0 unspecified atom stereocenters. The molecule has 4 rings (SSSR count). The first-order valence-electron chi connectivity index (χ1n) is 6.86. The third-order valence-electron chi connectivity index (χ3n) is 4.26. The van der Waals surface area contributed by atoms with Crippen molar-refractivity contribution in [3.63, 3.8) is 0 Å². The van der Waals surface area contributed by atoms with Gasteiger partial charge in [-0.1, -0.05) is 48.5 Å². The van der Waals surface area contributed by atoms with Gasteiger partial charge in [0, 0.05) is 21.1 Å². The molecule has 0 atom stereocenters. The van der Waals surface area contributed by atoms with Crippen molar-refractivity contribution in [3.8, 4) is 0 Å². The number of rotatable bonds is 0. The third-order valence-corrected chi connectivity index (χ3v) is 4.26. The molecule has 0 radical (unpaired) electrons. The molecule has 0 heterocycles. The van der Waals surface area contributed by atoms with Crippen molar-refractivity contribution in [1.29, 1.82) is 0 Å². The van der Waals surface area contributed by atoms with E-state index in [-0.39, 0.29) is 21.1 Å². The number of aryl methyl sites for hydroxylation is 2.